The maximum Gasteiger partial charge on any atom is 0.220 e. The van der Waals surface area contributed by atoms with Gasteiger partial charge in [0, 0.05) is 19.0 Å². The normalized spacial score (nSPS) is 17.4. The van der Waals surface area contributed by atoms with Gasteiger partial charge in [-0.1, -0.05) is 18.6 Å². The van der Waals surface area contributed by atoms with Crippen LogP contribution in [0.5, 0.6) is 0 Å². The molecule has 1 aliphatic heterocycles. The molecule has 0 saturated carbocycles. The van der Waals surface area contributed by atoms with Crippen LogP contribution in [0.3, 0.4) is 0 Å². The second-order valence-electron chi connectivity index (χ2n) is 5.88. The topological polar surface area (TPSA) is 32.3 Å². The molecule has 1 saturated heterocycles. The standard InChI is InChI=1S/C17H25FN2O/c1-14(20-11-3-2-4-12-20)13-19-17(21)10-7-15-5-8-16(18)9-6-15/h5-6,8-9,14H,2-4,7,10-13H2,1H3,(H,19,21). The molecule has 21 heavy (non-hydrogen) atoms. The van der Waals surface area contributed by atoms with E-state index in [0.29, 0.717) is 25.4 Å². The molecule has 2 rings (SSSR count). The van der Waals surface area contributed by atoms with Gasteiger partial charge in [-0.15, -0.1) is 0 Å². The molecule has 3 nitrogen and oxygen atoms in total. The molecule has 0 aromatic heterocycles. The quantitative estimate of drug-likeness (QED) is 0.874. The van der Waals surface area contributed by atoms with Crippen LogP contribution in [0, 0.1) is 5.82 Å². The van der Waals surface area contributed by atoms with Gasteiger partial charge in [0.25, 0.3) is 0 Å². The lowest BCUT2D eigenvalue weighted by Crippen LogP contribution is -2.44. The Hall–Kier alpha value is -1.42. The van der Waals surface area contributed by atoms with E-state index >= 15 is 0 Å². The van der Waals surface area contributed by atoms with Crippen LogP contribution in [0.2, 0.25) is 0 Å². The molecule has 1 N–H and O–H groups in total. The molecule has 1 aromatic carbocycles. The summed E-state index contributed by atoms with van der Waals surface area (Å²) in [6, 6.07) is 6.75. The van der Waals surface area contributed by atoms with Crippen LogP contribution in [0.4, 0.5) is 4.39 Å². The fourth-order valence-electron chi connectivity index (χ4n) is 2.75. The van der Waals surface area contributed by atoms with Crippen molar-refractivity contribution in [1.29, 1.82) is 0 Å². The van der Waals surface area contributed by atoms with Gasteiger partial charge >= 0.3 is 0 Å². The Bertz CT molecular complexity index is 441. The van der Waals surface area contributed by atoms with Crippen molar-refractivity contribution in [3.8, 4) is 0 Å². The van der Waals surface area contributed by atoms with Crippen molar-refractivity contribution in [3.05, 3.63) is 35.6 Å². The number of likely N-dealkylation sites (tertiary alicyclic amines) is 1. The number of nitrogens with one attached hydrogen (secondary N) is 1. The van der Waals surface area contributed by atoms with Crippen molar-refractivity contribution in [3.63, 3.8) is 0 Å². The second-order valence-corrected chi connectivity index (χ2v) is 5.88. The van der Waals surface area contributed by atoms with E-state index in [-0.39, 0.29) is 11.7 Å². The Labute approximate surface area is 126 Å². The minimum atomic E-state index is -0.237. The Balaban J connectivity index is 1.66. The molecule has 1 amide bonds. The average molecular weight is 292 g/mol. The molecule has 1 heterocycles. The number of rotatable bonds is 6. The third kappa shape index (κ3) is 5.46. The van der Waals surface area contributed by atoms with E-state index in [9.17, 15) is 9.18 Å². The van der Waals surface area contributed by atoms with Gasteiger partial charge in [-0.3, -0.25) is 9.69 Å². The van der Waals surface area contributed by atoms with Gasteiger partial charge in [-0.25, -0.2) is 4.39 Å². The third-order valence-corrected chi connectivity index (χ3v) is 4.16. The summed E-state index contributed by atoms with van der Waals surface area (Å²) in [5.74, 6) is -0.165. The van der Waals surface area contributed by atoms with E-state index in [1.807, 2.05) is 0 Å². The number of carbonyl (C=O) groups is 1. The summed E-state index contributed by atoms with van der Waals surface area (Å²) in [6.45, 7) is 5.17. The molecule has 0 spiro atoms. The molecule has 4 heteroatoms. The molecule has 0 bridgehead atoms. The summed E-state index contributed by atoms with van der Waals surface area (Å²) >= 11 is 0. The average Bonchev–Trinajstić information content (AvgIpc) is 2.53. The zero-order chi connectivity index (χ0) is 15.1. The highest BCUT2D eigenvalue weighted by atomic mass is 19.1. The lowest BCUT2D eigenvalue weighted by molar-refractivity contribution is -0.121. The van der Waals surface area contributed by atoms with Crippen molar-refractivity contribution in [2.75, 3.05) is 19.6 Å². The van der Waals surface area contributed by atoms with Crippen LogP contribution in [-0.4, -0.2) is 36.5 Å². The molecule has 0 aliphatic carbocycles. The Morgan fingerprint density at radius 3 is 2.57 bits per heavy atom. The summed E-state index contributed by atoms with van der Waals surface area (Å²) in [6.07, 6.45) is 4.97. The fourth-order valence-corrected chi connectivity index (χ4v) is 2.75. The van der Waals surface area contributed by atoms with Crippen LogP contribution in [-0.2, 0) is 11.2 Å². The van der Waals surface area contributed by atoms with Gasteiger partial charge in [0.2, 0.25) is 5.91 Å². The lowest BCUT2D eigenvalue weighted by atomic mass is 10.1. The van der Waals surface area contributed by atoms with E-state index in [1.165, 1.54) is 31.4 Å². The zero-order valence-corrected chi connectivity index (χ0v) is 12.8. The summed E-state index contributed by atoms with van der Waals surface area (Å²) in [5.41, 5.74) is 0.996. The molecule has 1 unspecified atom stereocenters. The summed E-state index contributed by atoms with van der Waals surface area (Å²) < 4.78 is 12.8. The van der Waals surface area contributed by atoms with E-state index in [0.717, 1.165) is 18.7 Å². The molecular weight excluding hydrogens is 267 g/mol. The lowest BCUT2D eigenvalue weighted by Gasteiger charge is -2.32. The number of aryl methyl sites for hydroxylation is 1. The SMILES string of the molecule is CC(CNC(=O)CCc1ccc(F)cc1)N1CCCCC1. The van der Waals surface area contributed by atoms with Crippen molar-refractivity contribution in [2.45, 2.75) is 45.1 Å². The van der Waals surface area contributed by atoms with Crippen molar-refractivity contribution < 1.29 is 9.18 Å². The van der Waals surface area contributed by atoms with Crippen LogP contribution in [0.25, 0.3) is 0 Å². The van der Waals surface area contributed by atoms with Gasteiger partial charge in [-0.05, 0) is 57.0 Å². The number of piperidine rings is 1. The predicted molar refractivity (Wildman–Crippen MR) is 82.6 cm³/mol. The maximum absolute atomic E-state index is 12.8. The Morgan fingerprint density at radius 2 is 1.90 bits per heavy atom. The van der Waals surface area contributed by atoms with Crippen LogP contribution >= 0.6 is 0 Å². The highest BCUT2D eigenvalue weighted by Crippen LogP contribution is 2.11. The number of nitrogens with zero attached hydrogens (tertiary/aromatic N) is 1. The second kappa shape index (κ2) is 8.13. The van der Waals surface area contributed by atoms with Gasteiger partial charge in [0.1, 0.15) is 5.82 Å². The van der Waals surface area contributed by atoms with Crippen molar-refractivity contribution in [1.82, 2.24) is 10.2 Å². The fraction of sp³-hybridized carbons (Fsp3) is 0.588. The number of benzene rings is 1. The number of hydrogen-bond acceptors (Lipinski definition) is 2. The first-order valence-electron chi connectivity index (χ1n) is 7.90. The van der Waals surface area contributed by atoms with E-state index in [4.69, 9.17) is 0 Å². The van der Waals surface area contributed by atoms with Gasteiger partial charge in [-0.2, -0.15) is 0 Å². The van der Waals surface area contributed by atoms with Crippen molar-refractivity contribution >= 4 is 5.91 Å². The van der Waals surface area contributed by atoms with Crippen LogP contribution < -0.4 is 5.32 Å². The highest BCUT2D eigenvalue weighted by molar-refractivity contribution is 5.76. The molecular formula is C17H25FN2O. The highest BCUT2D eigenvalue weighted by Gasteiger charge is 2.16. The smallest absolute Gasteiger partial charge is 0.220 e. The van der Waals surface area contributed by atoms with E-state index in [2.05, 4.69) is 17.1 Å². The van der Waals surface area contributed by atoms with E-state index < -0.39 is 0 Å². The van der Waals surface area contributed by atoms with Gasteiger partial charge in [0.15, 0.2) is 0 Å². The summed E-state index contributed by atoms with van der Waals surface area (Å²) in [5, 5.41) is 3.01. The molecule has 1 atom stereocenters. The van der Waals surface area contributed by atoms with Crippen molar-refractivity contribution in [2.24, 2.45) is 0 Å². The zero-order valence-electron chi connectivity index (χ0n) is 12.8. The van der Waals surface area contributed by atoms with Gasteiger partial charge in [0.05, 0.1) is 0 Å². The number of carbonyl (C=O) groups excluding carboxylic acids is 1. The van der Waals surface area contributed by atoms with Gasteiger partial charge < -0.3 is 5.32 Å². The summed E-state index contributed by atoms with van der Waals surface area (Å²) in [4.78, 5) is 14.3. The molecule has 1 aliphatic rings. The number of hydrogen-bond donors (Lipinski definition) is 1. The number of halogens is 1. The predicted octanol–water partition coefficient (Wildman–Crippen LogP) is 2.75. The van der Waals surface area contributed by atoms with Crippen LogP contribution in [0.1, 0.15) is 38.2 Å². The monoisotopic (exact) mass is 292 g/mol. The molecule has 0 radical (unpaired) electrons. The Morgan fingerprint density at radius 1 is 1.24 bits per heavy atom. The minimum absolute atomic E-state index is 0.0724. The van der Waals surface area contributed by atoms with E-state index in [1.54, 1.807) is 12.1 Å². The molecule has 1 aromatic rings. The Kier molecular flexibility index (Phi) is 6.18. The maximum atomic E-state index is 12.8. The van der Waals surface area contributed by atoms with Crippen LogP contribution in [0.15, 0.2) is 24.3 Å². The first-order valence-corrected chi connectivity index (χ1v) is 7.90. The first kappa shape index (κ1) is 16.0. The minimum Gasteiger partial charge on any atom is -0.355 e. The summed E-state index contributed by atoms with van der Waals surface area (Å²) in [7, 11) is 0. The largest absolute Gasteiger partial charge is 0.355 e. The number of amides is 1. The molecule has 1 fully saturated rings. The first-order chi connectivity index (χ1) is 10.1. The third-order valence-electron chi connectivity index (χ3n) is 4.16. The molecule has 116 valence electrons.